The van der Waals surface area contributed by atoms with Gasteiger partial charge in [0.25, 0.3) is 0 Å². The van der Waals surface area contributed by atoms with Gasteiger partial charge in [-0.2, -0.15) is 0 Å². The lowest BCUT2D eigenvalue weighted by molar-refractivity contribution is 0.648. The minimum atomic E-state index is 0.615. The van der Waals surface area contributed by atoms with Crippen molar-refractivity contribution in [1.82, 2.24) is 9.97 Å². The van der Waals surface area contributed by atoms with Crippen LogP contribution in [0.3, 0.4) is 0 Å². The van der Waals surface area contributed by atoms with Gasteiger partial charge >= 0.3 is 0 Å². The molecule has 23 heavy (non-hydrogen) atoms. The quantitative estimate of drug-likeness (QED) is 0.645. The van der Waals surface area contributed by atoms with Gasteiger partial charge in [-0.25, -0.2) is 0 Å². The van der Waals surface area contributed by atoms with Crippen molar-refractivity contribution in [2.75, 3.05) is 0 Å². The molecule has 0 atom stereocenters. The zero-order valence-electron chi connectivity index (χ0n) is 14.6. The molecule has 0 radical (unpaired) electrons. The number of pyridine rings is 2. The van der Waals surface area contributed by atoms with E-state index in [9.17, 15) is 0 Å². The molecule has 2 heteroatoms. The van der Waals surface area contributed by atoms with Gasteiger partial charge in [-0.05, 0) is 61.9 Å². The molecule has 0 N–H and O–H groups in total. The van der Waals surface area contributed by atoms with Crippen molar-refractivity contribution in [2.24, 2.45) is 5.92 Å². The first kappa shape index (κ1) is 15.7. The Labute approximate surface area is 138 Å². The van der Waals surface area contributed by atoms with Crippen LogP contribution in [0, 0.1) is 26.7 Å². The molecule has 0 fully saturated rings. The molecular formula is C21H24N2. The van der Waals surface area contributed by atoms with Crippen LogP contribution in [0.4, 0.5) is 0 Å². The molecule has 2 aromatic heterocycles. The summed E-state index contributed by atoms with van der Waals surface area (Å²) in [4.78, 5) is 9.19. The Morgan fingerprint density at radius 3 is 2.48 bits per heavy atom. The van der Waals surface area contributed by atoms with Crippen molar-refractivity contribution >= 4 is 10.8 Å². The van der Waals surface area contributed by atoms with Crippen molar-refractivity contribution in [3.05, 3.63) is 59.0 Å². The van der Waals surface area contributed by atoms with Gasteiger partial charge in [0.05, 0.1) is 5.69 Å². The lowest BCUT2D eigenvalue weighted by Gasteiger charge is -2.12. The minimum Gasteiger partial charge on any atom is -0.264 e. The van der Waals surface area contributed by atoms with Crippen molar-refractivity contribution < 1.29 is 0 Å². The van der Waals surface area contributed by atoms with Gasteiger partial charge in [0.15, 0.2) is 0 Å². The first-order chi connectivity index (χ1) is 11.0. The molecule has 0 unspecified atom stereocenters. The highest BCUT2D eigenvalue weighted by molar-refractivity contribution is 5.87. The fourth-order valence-electron chi connectivity index (χ4n) is 3.18. The molecule has 3 rings (SSSR count). The third-order valence-corrected chi connectivity index (χ3v) is 4.44. The van der Waals surface area contributed by atoms with Crippen molar-refractivity contribution in [3.63, 3.8) is 0 Å². The SMILES string of the molecule is Cc1cc(C)c(C)c(-c2cc3cncc(CC(C)C)c3cn2)c1. The van der Waals surface area contributed by atoms with E-state index >= 15 is 0 Å². The lowest BCUT2D eigenvalue weighted by Crippen LogP contribution is -1.97. The summed E-state index contributed by atoms with van der Waals surface area (Å²) in [6, 6.07) is 6.62. The van der Waals surface area contributed by atoms with E-state index in [1.165, 1.54) is 38.6 Å². The highest BCUT2D eigenvalue weighted by atomic mass is 14.7. The number of hydrogen-bond acceptors (Lipinski definition) is 2. The highest BCUT2D eigenvalue weighted by Crippen LogP contribution is 2.29. The molecule has 0 bridgehead atoms. The summed E-state index contributed by atoms with van der Waals surface area (Å²) in [5.41, 5.74) is 7.43. The molecular weight excluding hydrogens is 280 g/mol. The molecule has 118 valence electrons. The largest absolute Gasteiger partial charge is 0.264 e. The lowest BCUT2D eigenvalue weighted by atomic mass is 9.96. The van der Waals surface area contributed by atoms with Gasteiger partial charge in [0, 0.05) is 34.9 Å². The summed E-state index contributed by atoms with van der Waals surface area (Å²) in [7, 11) is 0. The summed E-state index contributed by atoms with van der Waals surface area (Å²) in [6.45, 7) is 10.9. The van der Waals surface area contributed by atoms with Gasteiger partial charge in [-0.15, -0.1) is 0 Å². The third-order valence-electron chi connectivity index (χ3n) is 4.44. The number of aryl methyl sites for hydroxylation is 2. The number of nitrogens with zero attached hydrogens (tertiary/aromatic N) is 2. The molecule has 0 amide bonds. The number of benzene rings is 1. The van der Waals surface area contributed by atoms with Crippen LogP contribution >= 0.6 is 0 Å². The van der Waals surface area contributed by atoms with E-state index in [1.54, 1.807) is 0 Å². The van der Waals surface area contributed by atoms with Crippen LogP contribution < -0.4 is 0 Å². The second-order valence-electron chi connectivity index (χ2n) is 6.94. The molecule has 2 heterocycles. The van der Waals surface area contributed by atoms with Crippen molar-refractivity contribution in [1.29, 1.82) is 0 Å². The molecule has 2 nitrogen and oxygen atoms in total. The molecule has 0 saturated heterocycles. The Kier molecular flexibility index (Phi) is 4.16. The number of fused-ring (bicyclic) bond motifs is 1. The van der Waals surface area contributed by atoms with E-state index in [1.807, 2.05) is 18.6 Å². The maximum atomic E-state index is 4.76. The minimum absolute atomic E-state index is 0.615. The first-order valence-corrected chi connectivity index (χ1v) is 8.26. The Balaban J connectivity index is 2.15. The van der Waals surface area contributed by atoms with Gasteiger partial charge in [-0.1, -0.05) is 25.5 Å². The Morgan fingerprint density at radius 1 is 0.957 bits per heavy atom. The summed E-state index contributed by atoms with van der Waals surface area (Å²) < 4.78 is 0. The van der Waals surface area contributed by atoms with E-state index in [-0.39, 0.29) is 0 Å². The number of aromatic nitrogens is 2. The summed E-state index contributed by atoms with van der Waals surface area (Å²) in [5, 5.41) is 2.39. The predicted molar refractivity (Wildman–Crippen MR) is 97.7 cm³/mol. The van der Waals surface area contributed by atoms with Crippen LogP contribution in [0.1, 0.15) is 36.1 Å². The van der Waals surface area contributed by atoms with E-state index in [4.69, 9.17) is 4.98 Å². The van der Waals surface area contributed by atoms with E-state index < -0.39 is 0 Å². The van der Waals surface area contributed by atoms with Crippen molar-refractivity contribution in [3.8, 4) is 11.3 Å². The number of hydrogen-bond donors (Lipinski definition) is 0. The number of rotatable bonds is 3. The van der Waals surface area contributed by atoms with E-state index in [0.29, 0.717) is 5.92 Å². The molecule has 0 aliphatic heterocycles. The Morgan fingerprint density at radius 2 is 1.74 bits per heavy atom. The topological polar surface area (TPSA) is 25.8 Å². The molecule has 3 aromatic rings. The van der Waals surface area contributed by atoms with Gasteiger partial charge in [0.1, 0.15) is 0 Å². The second-order valence-corrected chi connectivity index (χ2v) is 6.94. The Bertz CT molecular complexity index is 863. The summed E-state index contributed by atoms with van der Waals surface area (Å²) in [5.74, 6) is 0.615. The van der Waals surface area contributed by atoms with Crippen LogP contribution in [-0.4, -0.2) is 9.97 Å². The zero-order chi connectivity index (χ0) is 16.6. The van der Waals surface area contributed by atoms with Gasteiger partial charge < -0.3 is 0 Å². The van der Waals surface area contributed by atoms with E-state index in [2.05, 4.69) is 57.8 Å². The first-order valence-electron chi connectivity index (χ1n) is 8.26. The van der Waals surface area contributed by atoms with Crippen LogP contribution in [0.2, 0.25) is 0 Å². The average molecular weight is 304 g/mol. The third kappa shape index (κ3) is 3.12. The van der Waals surface area contributed by atoms with Crippen LogP contribution in [0.15, 0.2) is 36.8 Å². The average Bonchev–Trinajstić information content (AvgIpc) is 2.50. The predicted octanol–water partition coefficient (Wildman–Crippen LogP) is 5.42. The Hall–Kier alpha value is -2.22. The fraction of sp³-hybridized carbons (Fsp3) is 0.333. The van der Waals surface area contributed by atoms with Crippen LogP contribution in [0.25, 0.3) is 22.0 Å². The zero-order valence-corrected chi connectivity index (χ0v) is 14.6. The molecule has 0 spiro atoms. The standard InChI is InChI=1S/C21H24N2/c1-13(2)6-17-10-22-11-18-9-21(23-12-20(17)18)19-8-14(3)7-15(4)16(19)5/h7-13H,6H2,1-5H3. The maximum Gasteiger partial charge on any atom is 0.0711 e. The van der Waals surface area contributed by atoms with Gasteiger partial charge in [-0.3, -0.25) is 9.97 Å². The maximum absolute atomic E-state index is 4.76. The smallest absolute Gasteiger partial charge is 0.0711 e. The normalized spacial score (nSPS) is 11.4. The second kappa shape index (κ2) is 6.11. The molecule has 0 aliphatic rings. The molecule has 0 aliphatic carbocycles. The monoisotopic (exact) mass is 304 g/mol. The van der Waals surface area contributed by atoms with Gasteiger partial charge in [0.2, 0.25) is 0 Å². The summed E-state index contributed by atoms with van der Waals surface area (Å²) in [6.07, 6.45) is 6.98. The molecule has 0 saturated carbocycles. The van der Waals surface area contributed by atoms with Crippen LogP contribution in [-0.2, 0) is 6.42 Å². The summed E-state index contributed by atoms with van der Waals surface area (Å²) >= 11 is 0. The fourth-order valence-corrected chi connectivity index (χ4v) is 3.18. The van der Waals surface area contributed by atoms with Crippen LogP contribution in [0.5, 0.6) is 0 Å². The van der Waals surface area contributed by atoms with Crippen molar-refractivity contribution in [2.45, 2.75) is 41.0 Å². The molecule has 1 aromatic carbocycles. The highest BCUT2D eigenvalue weighted by Gasteiger charge is 2.10. The van der Waals surface area contributed by atoms with E-state index in [0.717, 1.165) is 12.1 Å².